The first-order valence-electron chi connectivity index (χ1n) is 6.43. The molecule has 2 N–H and O–H groups in total. The lowest BCUT2D eigenvalue weighted by molar-refractivity contribution is 0.295. The molecule has 1 aliphatic heterocycles. The van der Waals surface area contributed by atoms with E-state index in [0.717, 1.165) is 49.9 Å². The van der Waals surface area contributed by atoms with Crippen LogP contribution in [-0.4, -0.2) is 24.0 Å². The van der Waals surface area contributed by atoms with E-state index < -0.39 is 0 Å². The lowest BCUT2D eigenvalue weighted by atomic mass is 10.0. The van der Waals surface area contributed by atoms with Crippen LogP contribution in [0.3, 0.4) is 0 Å². The van der Waals surface area contributed by atoms with Gasteiger partial charge < -0.3 is 5.73 Å². The van der Waals surface area contributed by atoms with Gasteiger partial charge in [0.05, 0.1) is 0 Å². The smallest absolute Gasteiger partial charge is 0.127 e. The molecule has 17 heavy (non-hydrogen) atoms. The average Bonchev–Trinajstić information content (AvgIpc) is 2.78. The molecule has 2 aliphatic rings. The second-order valence-electron chi connectivity index (χ2n) is 5.54. The number of nitrogens with zero attached hydrogens (tertiary/aromatic N) is 1. The molecule has 2 nitrogen and oxygen atoms in total. The number of rotatable bonds is 2. The zero-order valence-electron chi connectivity index (χ0n) is 9.98. The van der Waals surface area contributed by atoms with Crippen LogP contribution in [0.5, 0.6) is 0 Å². The van der Waals surface area contributed by atoms with E-state index in [1.165, 1.54) is 0 Å². The summed E-state index contributed by atoms with van der Waals surface area (Å²) in [6.07, 6.45) is 2.30. The third-order valence-electron chi connectivity index (χ3n) is 4.21. The topological polar surface area (TPSA) is 29.3 Å². The Morgan fingerprint density at radius 2 is 1.82 bits per heavy atom. The number of halogens is 1. The first-order chi connectivity index (χ1) is 8.22. The molecule has 1 heterocycles. The van der Waals surface area contributed by atoms with E-state index in [1.54, 1.807) is 12.1 Å². The van der Waals surface area contributed by atoms with Gasteiger partial charge in [-0.05, 0) is 30.7 Å². The van der Waals surface area contributed by atoms with Crippen molar-refractivity contribution >= 4 is 0 Å². The Morgan fingerprint density at radius 3 is 2.47 bits per heavy atom. The molecule has 0 radical (unpaired) electrons. The Balaban J connectivity index is 1.64. The molecule has 0 bridgehead atoms. The molecular formula is C14H19FN2. The standard InChI is InChI=1S/C14H19FN2/c15-14-4-2-1-3-10(14)7-17-8-11-5-13(16)6-12(11)9-17/h1-4,11-13H,5-9,16H2/t11-,12?,13+/m0/s1. The van der Waals surface area contributed by atoms with Crippen molar-refractivity contribution in [1.82, 2.24) is 4.90 Å². The predicted octanol–water partition coefficient (Wildman–Crippen LogP) is 1.99. The maximum Gasteiger partial charge on any atom is 0.127 e. The number of benzene rings is 1. The monoisotopic (exact) mass is 234 g/mol. The maximum absolute atomic E-state index is 13.5. The molecule has 3 atom stereocenters. The minimum atomic E-state index is -0.0822. The van der Waals surface area contributed by atoms with Crippen LogP contribution in [0.15, 0.2) is 24.3 Å². The molecule has 1 aromatic carbocycles. The minimum Gasteiger partial charge on any atom is -0.328 e. The maximum atomic E-state index is 13.5. The number of fused-ring (bicyclic) bond motifs is 1. The van der Waals surface area contributed by atoms with Crippen LogP contribution in [0.1, 0.15) is 18.4 Å². The second-order valence-corrected chi connectivity index (χ2v) is 5.54. The SMILES string of the molecule is N[C@H]1CC2CN(Cc3ccccc3F)C[C@@H]2C1. The highest BCUT2D eigenvalue weighted by Crippen LogP contribution is 2.37. The van der Waals surface area contributed by atoms with Crippen LogP contribution >= 0.6 is 0 Å². The molecule has 0 amide bonds. The lowest BCUT2D eigenvalue weighted by Gasteiger charge is -2.18. The largest absolute Gasteiger partial charge is 0.328 e. The van der Waals surface area contributed by atoms with Crippen molar-refractivity contribution in [2.45, 2.75) is 25.4 Å². The first kappa shape index (κ1) is 11.2. The van der Waals surface area contributed by atoms with Crippen molar-refractivity contribution in [3.8, 4) is 0 Å². The Hall–Kier alpha value is -0.930. The minimum absolute atomic E-state index is 0.0822. The summed E-state index contributed by atoms with van der Waals surface area (Å²) < 4.78 is 13.5. The zero-order valence-corrected chi connectivity index (χ0v) is 9.98. The van der Waals surface area contributed by atoms with E-state index in [-0.39, 0.29) is 5.82 Å². The summed E-state index contributed by atoms with van der Waals surface area (Å²) in [5, 5.41) is 0. The number of hydrogen-bond acceptors (Lipinski definition) is 2. The molecule has 0 aromatic heterocycles. The van der Waals surface area contributed by atoms with Gasteiger partial charge in [0, 0.05) is 31.2 Å². The van der Waals surface area contributed by atoms with Gasteiger partial charge in [-0.25, -0.2) is 4.39 Å². The van der Waals surface area contributed by atoms with Gasteiger partial charge in [-0.2, -0.15) is 0 Å². The Kier molecular flexibility index (Phi) is 2.89. The summed E-state index contributed by atoms with van der Waals surface area (Å²) in [6.45, 7) is 2.92. The van der Waals surface area contributed by atoms with Crippen LogP contribution in [0.4, 0.5) is 4.39 Å². The molecule has 3 heteroatoms. The summed E-state index contributed by atoms with van der Waals surface area (Å²) in [6, 6.07) is 7.49. The third kappa shape index (κ3) is 2.22. The lowest BCUT2D eigenvalue weighted by Crippen LogP contribution is -2.25. The number of likely N-dealkylation sites (tertiary alicyclic amines) is 1. The fourth-order valence-corrected chi connectivity index (χ4v) is 3.44. The molecule has 3 rings (SSSR count). The molecule has 1 saturated carbocycles. The summed E-state index contributed by atoms with van der Waals surface area (Å²) in [7, 11) is 0. The van der Waals surface area contributed by atoms with Gasteiger partial charge in [0.15, 0.2) is 0 Å². The number of hydrogen-bond donors (Lipinski definition) is 1. The normalized spacial score (nSPS) is 32.9. The van der Waals surface area contributed by atoms with Crippen molar-refractivity contribution in [1.29, 1.82) is 0 Å². The highest BCUT2D eigenvalue weighted by molar-refractivity contribution is 5.17. The van der Waals surface area contributed by atoms with Crippen molar-refractivity contribution in [3.05, 3.63) is 35.6 Å². The van der Waals surface area contributed by atoms with E-state index in [4.69, 9.17) is 5.73 Å². The average molecular weight is 234 g/mol. The van der Waals surface area contributed by atoms with Crippen molar-refractivity contribution in [3.63, 3.8) is 0 Å². The van der Waals surface area contributed by atoms with Crippen LogP contribution < -0.4 is 5.73 Å². The van der Waals surface area contributed by atoms with Crippen molar-refractivity contribution in [2.24, 2.45) is 17.6 Å². The van der Waals surface area contributed by atoms with Gasteiger partial charge in [0.1, 0.15) is 5.82 Å². The van der Waals surface area contributed by atoms with E-state index >= 15 is 0 Å². The fourth-order valence-electron chi connectivity index (χ4n) is 3.44. The van der Waals surface area contributed by atoms with Crippen molar-refractivity contribution < 1.29 is 4.39 Å². The van der Waals surface area contributed by atoms with Gasteiger partial charge in [-0.1, -0.05) is 18.2 Å². The van der Waals surface area contributed by atoms with E-state index in [1.807, 2.05) is 12.1 Å². The van der Waals surface area contributed by atoms with Crippen LogP contribution in [0.25, 0.3) is 0 Å². The Labute approximate surface area is 102 Å². The molecule has 0 spiro atoms. The van der Waals surface area contributed by atoms with Crippen LogP contribution in [0.2, 0.25) is 0 Å². The molecule has 1 aliphatic carbocycles. The Morgan fingerprint density at radius 1 is 1.18 bits per heavy atom. The van der Waals surface area contributed by atoms with Crippen LogP contribution in [-0.2, 0) is 6.54 Å². The molecular weight excluding hydrogens is 215 g/mol. The fraction of sp³-hybridized carbons (Fsp3) is 0.571. The van der Waals surface area contributed by atoms with Crippen molar-refractivity contribution in [2.75, 3.05) is 13.1 Å². The first-order valence-corrected chi connectivity index (χ1v) is 6.43. The number of nitrogens with two attached hydrogens (primary N) is 1. The van der Waals surface area contributed by atoms with Gasteiger partial charge in [0.2, 0.25) is 0 Å². The summed E-state index contributed by atoms with van der Waals surface area (Å²) in [5.74, 6) is 1.41. The summed E-state index contributed by atoms with van der Waals surface area (Å²) in [4.78, 5) is 2.37. The highest BCUT2D eigenvalue weighted by atomic mass is 19.1. The molecule has 2 fully saturated rings. The van der Waals surface area contributed by atoms with Gasteiger partial charge in [-0.3, -0.25) is 4.90 Å². The Bertz CT molecular complexity index is 393. The molecule has 92 valence electrons. The van der Waals surface area contributed by atoms with Crippen LogP contribution in [0, 0.1) is 17.7 Å². The van der Waals surface area contributed by atoms with E-state index in [9.17, 15) is 4.39 Å². The third-order valence-corrected chi connectivity index (χ3v) is 4.21. The molecule has 1 unspecified atom stereocenters. The quantitative estimate of drug-likeness (QED) is 0.848. The predicted molar refractivity (Wildman–Crippen MR) is 65.9 cm³/mol. The van der Waals surface area contributed by atoms with Gasteiger partial charge >= 0.3 is 0 Å². The highest BCUT2D eigenvalue weighted by Gasteiger charge is 2.39. The zero-order chi connectivity index (χ0) is 11.8. The van der Waals surface area contributed by atoms with E-state index in [0.29, 0.717) is 6.04 Å². The second kappa shape index (κ2) is 4.39. The molecule has 1 aromatic rings. The van der Waals surface area contributed by atoms with Gasteiger partial charge in [0.25, 0.3) is 0 Å². The summed E-state index contributed by atoms with van der Waals surface area (Å²) in [5.41, 5.74) is 6.79. The van der Waals surface area contributed by atoms with E-state index in [2.05, 4.69) is 4.90 Å². The van der Waals surface area contributed by atoms with Gasteiger partial charge in [-0.15, -0.1) is 0 Å². The molecule has 1 saturated heterocycles. The summed E-state index contributed by atoms with van der Waals surface area (Å²) >= 11 is 0.